The molecule has 0 saturated carbocycles. The van der Waals surface area contributed by atoms with Crippen LogP contribution in [0.1, 0.15) is 29.4 Å². The summed E-state index contributed by atoms with van der Waals surface area (Å²) in [7, 11) is 1.57. The summed E-state index contributed by atoms with van der Waals surface area (Å²) < 4.78 is 6.93. The van der Waals surface area contributed by atoms with E-state index in [1.165, 1.54) is 11.3 Å². The summed E-state index contributed by atoms with van der Waals surface area (Å²) in [4.78, 5) is 4.29. The Hall–Kier alpha value is -1.40. The van der Waals surface area contributed by atoms with Crippen LogP contribution in [0.15, 0.2) is 11.6 Å². The Morgan fingerprint density at radius 3 is 2.88 bits per heavy atom. The highest BCUT2D eigenvalue weighted by atomic mass is 32.1. The molecule has 0 radical (unpaired) electrons. The van der Waals surface area contributed by atoms with Crippen molar-refractivity contribution in [2.45, 2.75) is 26.5 Å². The van der Waals surface area contributed by atoms with Crippen LogP contribution in [-0.4, -0.2) is 27.0 Å². The van der Waals surface area contributed by atoms with Gasteiger partial charge in [-0.1, -0.05) is 0 Å². The molecule has 0 bridgehead atoms. The van der Waals surface area contributed by atoms with Gasteiger partial charge in [0.2, 0.25) is 0 Å². The molecule has 1 N–H and O–H groups in total. The molecule has 0 aliphatic heterocycles. The smallest absolute Gasteiger partial charge is 0.163 e. The molecule has 92 valence electrons. The molecule has 0 aliphatic carbocycles. The summed E-state index contributed by atoms with van der Waals surface area (Å²) >= 11 is 1.52. The van der Waals surface area contributed by atoms with Gasteiger partial charge >= 0.3 is 0 Å². The third kappa shape index (κ3) is 2.18. The fourth-order valence-corrected chi connectivity index (χ4v) is 2.34. The molecule has 6 heteroatoms. The molecule has 2 aromatic heterocycles. The lowest BCUT2D eigenvalue weighted by Gasteiger charge is -2.12. The highest BCUT2D eigenvalue weighted by molar-refractivity contribution is 7.09. The standard InChI is InChI=1S/C11H15N3O2S/c1-4-14-10(9(16-3)5-12-14)11(15)8-6-17-7(2)13-8/h5-6,11,15H,4H2,1-3H3. The molecule has 2 rings (SSSR count). The molecule has 2 heterocycles. The highest BCUT2D eigenvalue weighted by Gasteiger charge is 2.22. The first-order chi connectivity index (χ1) is 8.17. The van der Waals surface area contributed by atoms with Crippen LogP contribution in [-0.2, 0) is 6.54 Å². The van der Waals surface area contributed by atoms with E-state index in [0.29, 0.717) is 23.7 Å². The van der Waals surface area contributed by atoms with Crippen molar-refractivity contribution in [3.8, 4) is 5.75 Å². The van der Waals surface area contributed by atoms with Crippen molar-refractivity contribution in [1.82, 2.24) is 14.8 Å². The van der Waals surface area contributed by atoms with E-state index in [-0.39, 0.29) is 0 Å². The number of aliphatic hydroxyl groups is 1. The Morgan fingerprint density at radius 2 is 2.35 bits per heavy atom. The number of aromatic nitrogens is 3. The number of hydrogen-bond acceptors (Lipinski definition) is 5. The maximum absolute atomic E-state index is 10.3. The largest absolute Gasteiger partial charge is 0.493 e. The third-order valence-electron chi connectivity index (χ3n) is 2.54. The third-order valence-corrected chi connectivity index (χ3v) is 3.33. The van der Waals surface area contributed by atoms with E-state index >= 15 is 0 Å². The predicted octanol–water partition coefficient (Wildman–Crippen LogP) is 1.76. The van der Waals surface area contributed by atoms with Crippen LogP contribution in [0, 0.1) is 6.92 Å². The fourth-order valence-electron chi connectivity index (χ4n) is 1.71. The summed E-state index contributed by atoms with van der Waals surface area (Å²) in [5.41, 5.74) is 1.29. The topological polar surface area (TPSA) is 60.2 Å². The van der Waals surface area contributed by atoms with Crippen LogP contribution in [0.5, 0.6) is 5.75 Å². The zero-order chi connectivity index (χ0) is 12.4. The lowest BCUT2D eigenvalue weighted by Crippen LogP contribution is -2.10. The van der Waals surface area contributed by atoms with Gasteiger partial charge in [0, 0.05) is 11.9 Å². The first-order valence-electron chi connectivity index (χ1n) is 5.37. The van der Waals surface area contributed by atoms with Gasteiger partial charge in [-0.2, -0.15) is 5.10 Å². The SMILES string of the molecule is CCn1ncc(OC)c1C(O)c1csc(C)n1. The first-order valence-corrected chi connectivity index (χ1v) is 6.25. The number of aryl methyl sites for hydroxylation is 2. The fraction of sp³-hybridized carbons (Fsp3) is 0.455. The van der Waals surface area contributed by atoms with Gasteiger partial charge in [-0.15, -0.1) is 11.3 Å². The second-order valence-corrected chi connectivity index (χ2v) is 4.67. The zero-order valence-corrected chi connectivity index (χ0v) is 10.9. The summed E-state index contributed by atoms with van der Waals surface area (Å²) in [6, 6.07) is 0. The van der Waals surface area contributed by atoms with Gasteiger partial charge in [0.05, 0.1) is 24.0 Å². The Bertz CT molecular complexity index is 485. The molecule has 0 amide bonds. The zero-order valence-electron chi connectivity index (χ0n) is 10.0. The van der Waals surface area contributed by atoms with Crippen LogP contribution < -0.4 is 4.74 Å². The van der Waals surface area contributed by atoms with E-state index in [1.807, 2.05) is 19.2 Å². The minimum absolute atomic E-state index is 0.588. The van der Waals surface area contributed by atoms with E-state index in [0.717, 1.165) is 5.01 Å². The maximum atomic E-state index is 10.3. The molecule has 0 aliphatic rings. The van der Waals surface area contributed by atoms with Gasteiger partial charge in [0.25, 0.3) is 0 Å². The van der Waals surface area contributed by atoms with Gasteiger partial charge in [-0.25, -0.2) is 4.98 Å². The molecular weight excluding hydrogens is 238 g/mol. The van der Waals surface area contributed by atoms with Crippen molar-refractivity contribution >= 4 is 11.3 Å². The van der Waals surface area contributed by atoms with Crippen molar-refractivity contribution in [3.05, 3.63) is 28.0 Å². The number of rotatable bonds is 4. The monoisotopic (exact) mass is 253 g/mol. The summed E-state index contributed by atoms with van der Waals surface area (Å²) in [6.07, 6.45) is 0.818. The van der Waals surface area contributed by atoms with Crippen LogP contribution >= 0.6 is 11.3 Å². The van der Waals surface area contributed by atoms with Gasteiger partial charge in [0.15, 0.2) is 5.75 Å². The molecular formula is C11H15N3O2S. The second-order valence-electron chi connectivity index (χ2n) is 3.61. The number of methoxy groups -OCH3 is 1. The van der Waals surface area contributed by atoms with E-state index in [1.54, 1.807) is 18.0 Å². The molecule has 1 unspecified atom stereocenters. The van der Waals surface area contributed by atoms with Gasteiger partial charge in [-0.3, -0.25) is 4.68 Å². The van der Waals surface area contributed by atoms with Gasteiger partial charge < -0.3 is 9.84 Å². The number of hydrogen-bond donors (Lipinski definition) is 1. The normalized spacial score (nSPS) is 12.7. The Labute approximate surface area is 104 Å². The van der Waals surface area contributed by atoms with E-state index in [2.05, 4.69) is 10.1 Å². The molecule has 17 heavy (non-hydrogen) atoms. The average molecular weight is 253 g/mol. The van der Waals surface area contributed by atoms with Crippen molar-refractivity contribution in [2.24, 2.45) is 0 Å². The minimum atomic E-state index is -0.794. The van der Waals surface area contributed by atoms with Gasteiger partial charge in [0.1, 0.15) is 11.8 Å². The van der Waals surface area contributed by atoms with E-state index in [9.17, 15) is 5.11 Å². The molecule has 5 nitrogen and oxygen atoms in total. The first kappa shape index (κ1) is 12.1. The molecule has 0 aromatic carbocycles. The van der Waals surface area contributed by atoms with Crippen LogP contribution in [0.2, 0.25) is 0 Å². The Kier molecular flexibility index (Phi) is 3.44. The molecule has 0 fully saturated rings. The summed E-state index contributed by atoms with van der Waals surface area (Å²) in [5, 5.41) is 17.3. The van der Waals surface area contributed by atoms with Crippen molar-refractivity contribution in [1.29, 1.82) is 0 Å². The summed E-state index contributed by atoms with van der Waals surface area (Å²) in [5.74, 6) is 0.588. The minimum Gasteiger partial charge on any atom is -0.493 e. The Balaban J connectivity index is 2.41. The summed E-state index contributed by atoms with van der Waals surface area (Å²) in [6.45, 7) is 4.56. The predicted molar refractivity (Wildman–Crippen MR) is 65.4 cm³/mol. The molecule has 0 spiro atoms. The van der Waals surface area contributed by atoms with Crippen LogP contribution in [0.3, 0.4) is 0 Å². The van der Waals surface area contributed by atoms with Crippen LogP contribution in [0.25, 0.3) is 0 Å². The van der Waals surface area contributed by atoms with Crippen LogP contribution in [0.4, 0.5) is 0 Å². The molecule has 2 aromatic rings. The van der Waals surface area contributed by atoms with Crippen molar-refractivity contribution in [3.63, 3.8) is 0 Å². The highest BCUT2D eigenvalue weighted by Crippen LogP contribution is 2.30. The second kappa shape index (κ2) is 4.85. The van der Waals surface area contributed by atoms with Crippen molar-refractivity contribution in [2.75, 3.05) is 7.11 Å². The Morgan fingerprint density at radius 1 is 1.59 bits per heavy atom. The number of aliphatic hydroxyl groups excluding tert-OH is 1. The molecule has 0 saturated heterocycles. The number of thiazole rings is 1. The van der Waals surface area contributed by atoms with Crippen molar-refractivity contribution < 1.29 is 9.84 Å². The lowest BCUT2D eigenvalue weighted by atomic mass is 10.2. The number of nitrogens with zero attached hydrogens (tertiary/aromatic N) is 3. The van der Waals surface area contributed by atoms with E-state index in [4.69, 9.17) is 4.74 Å². The quantitative estimate of drug-likeness (QED) is 0.902. The lowest BCUT2D eigenvalue weighted by molar-refractivity contribution is 0.198. The maximum Gasteiger partial charge on any atom is 0.163 e. The van der Waals surface area contributed by atoms with E-state index < -0.39 is 6.10 Å². The number of ether oxygens (including phenoxy) is 1. The molecule has 1 atom stereocenters. The average Bonchev–Trinajstić information content (AvgIpc) is 2.93. The van der Waals surface area contributed by atoms with Gasteiger partial charge in [-0.05, 0) is 13.8 Å².